The molecule has 3 heteroatoms. The molecule has 0 saturated heterocycles. The molecule has 1 heterocycles. The highest BCUT2D eigenvalue weighted by molar-refractivity contribution is 5.56. The number of aliphatic hydroxyl groups is 1. The molecule has 1 N–H and O–H groups in total. The van der Waals surface area contributed by atoms with Crippen molar-refractivity contribution >= 4 is 0 Å². The van der Waals surface area contributed by atoms with Gasteiger partial charge in [-0.15, -0.1) is 0 Å². The fourth-order valence-electron chi connectivity index (χ4n) is 4.03. The molecule has 3 nitrogen and oxygen atoms in total. The van der Waals surface area contributed by atoms with Crippen LogP contribution in [0.3, 0.4) is 0 Å². The van der Waals surface area contributed by atoms with E-state index >= 15 is 0 Å². The first-order chi connectivity index (χ1) is 9.34. The monoisotopic (exact) mass is 276 g/mol. The summed E-state index contributed by atoms with van der Waals surface area (Å²) in [5.41, 5.74) is 4.20. The summed E-state index contributed by atoms with van der Waals surface area (Å²) in [7, 11) is 0. The molecule has 2 aliphatic rings. The molecule has 0 spiro atoms. The highest BCUT2D eigenvalue weighted by Gasteiger charge is 2.57. The number of hydrogen-bond donors (Lipinski definition) is 1. The number of benzene rings is 1. The van der Waals surface area contributed by atoms with Gasteiger partial charge in [-0.2, -0.15) is 0 Å². The molecule has 1 aromatic carbocycles. The summed E-state index contributed by atoms with van der Waals surface area (Å²) >= 11 is 0. The second-order valence-corrected chi connectivity index (χ2v) is 6.86. The van der Waals surface area contributed by atoms with Gasteiger partial charge in [0.1, 0.15) is 0 Å². The molecule has 1 aliphatic carbocycles. The van der Waals surface area contributed by atoms with Crippen molar-refractivity contribution in [2.24, 2.45) is 0 Å². The van der Waals surface area contributed by atoms with Gasteiger partial charge in [0.05, 0.1) is 12.7 Å². The summed E-state index contributed by atoms with van der Waals surface area (Å²) in [6.45, 7) is 11.5. The van der Waals surface area contributed by atoms with Crippen LogP contribution in [-0.2, 0) is 20.3 Å². The Morgan fingerprint density at radius 1 is 1.35 bits per heavy atom. The molecule has 1 aromatic rings. The van der Waals surface area contributed by atoms with Crippen LogP contribution in [0.4, 0.5) is 0 Å². The zero-order chi connectivity index (χ0) is 14.7. The molecule has 1 aliphatic heterocycles. The smallest absolute Gasteiger partial charge is 0.184 e. The van der Waals surface area contributed by atoms with Crippen LogP contribution < -0.4 is 0 Å². The Hall–Kier alpha value is -0.900. The quantitative estimate of drug-likeness (QED) is 0.902. The van der Waals surface area contributed by atoms with Crippen molar-refractivity contribution in [3.63, 3.8) is 0 Å². The molecule has 0 radical (unpaired) electrons. The standard InChI is InChI=1S/C17H24O3/c1-6-19-14-12-10(2)7-8-11-13(12)17(5,9-20-14)15(18)16(11,3)4/h7-8,14-15,18H,6,9H2,1-5H3/t14?,15-,17-/m1/s1. The SMILES string of the molecule is CCOC1OC[C@]2(C)c3c(ccc(C)c31)C(C)(C)[C@H]2O. The molecule has 3 rings (SSSR count). The predicted octanol–water partition coefficient (Wildman–Crippen LogP) is 2.97. The zero-order valence-corrected chi connectivity index (χ0v) is 13.0. The van der Waals surface area contributed by atoms with Gasteiger partial charge in [-0.1, -0.05) is 32.9 Å². The van der Waals surface area contributed by atoms with E-state index < -0.39 is 6.10 Å². The first-order valence-electron chi connectivity index (χ1n) is 7.39. The van der Waals surface area contributed by atoms with Crippen molar-refractivity contribution in [3.8, 4) is 0 Å². The lowest BCUT2D eigenvalue weighted by Gasteiger charge is -2.40. The van der Waals surface area contributed by atoms with Crippen LogP contribution in [0.1, 0.15) is 56.2 Å². The van der Waals surface area contributed by atoms with Gasteiger partial charge < -0.3 is 14.6 Å². The first-order valence-corrected chi connectivity index (χ1v) is 7.39. The molecule has 3 atom stereocenters. The average molecular weight is 276 g/mol. The number of ether oxygens (including phenoxy) is 2. The van der Waals surface area contributed by atoms with E-state index in [0.717, 1.165) is 5.56 Å². The Morgan fingerprint density at radius 3 is 2.70 bits per heavy atom. The summed E-state index contributed by atoms with van der Waals surface area (Å²) in [6.07, 6.45) is -0.739. The molecule has 0 bridgehead atoms. The maximum absolute atomic E-state index is 10.8. The van der Waals surface area contributed by atoms with Gasteiger partial charge in [0.2, 0.25) is 0 Å². The lowest BCUT2D eigenvalue weighted by atomic mass is 9.75. The Morgan fingerprint density at radius 2 is 2.05 bits per heavy atom. The Balaban J connectivity index is 2.28. The Bertz CT molecular complexity index is 549. The van der Waals surface area contributed by atoms with E-state index in [1.54, 1.807) is 0 Å². The highest BCUT2D eigenvalue weighted by Crippen LogP contribution is 2.55. The molecule has 0 amide bonds. The van der Waals surface area contributed by atoms with E-state index in [4.69, 9.17) is 9.47 Å². The minimum atomic E-state index is -0.437. The summed E-state index contributed by atoms with van der Waals surface area (Å²) in [4.78, 5) is 0. The molecule has 20 heavy (non-hydrogen) atoms. The predicted molar refractivity (Wildman–Crippen MR) is 77.9 cm³/mol. The third kappa shape index (κ3) is 1.57. The van der Waals surface area contributed by atoms with Crippen molar-refractivity contribution in [3.05, 3.63) is 34.4 Å². The van der Waals surface area contributed by atoms with E-state index in [-0.39, 0.29) is 17.1 Å². The van der Waals surface area contributed by atoms with Crippen LogP contribution in [0.2, 0.25) is 0 Å². The number of rotatable bonds is 2. The van der Waals surface area contributed by atoms with Crippen LogP contribution in [0.25, 0.3) is 0 Å². The molecule has 0 fully saturated rings. The van der Waals surface area contributed by atoms with Crippen LogP contribution in [0.5, 0.6) is 0 Å². The third-order valence-electron chi connectivity index (χ3n) is 5.10. The molecule has 0 aromatic heterocycles. The van der Waals surface area contributed by atoms with Crippen LogP contribution in [-0.4, -0.2) is 24.4 Å². The van der Waals surface area contributed by atoms with Gasteiger partial charge >= 0.3 is 0 Å². The molecular weight excluding hydrogens is 252 g/mol. The van der Waals surface area contributed by atoms with Crippen LogP contribution in [0.15, 0.2) is 12.1 Å². The summed E-state index contributed by atoms with van der Waals surface area (Å²) < 4.78 is 11.7. The van der Waals surface area contributed by atoms with Crippen LogP contribution >= 0.6 is 0 Å². The van der Waals surface area contributed by atoms with Gasteiger partial charge in [-0.25, -0.2) is 0 Å². The van der Waals surface area contributed by atoms with Gasteiger partial charge in [0, 0.05) is 23.0 Å². The van der Waals surface area contributed by atoms with Crippen LogP contribution in [0, 0.1) is 6.92 Å². The van der Waals surface area contributed by atoms with Gasteiger partial charge in [0.15, 0.2) is 6.29 Å². The van der Waals surface area contributed by atoms with E-state index in [0.29, 0.717) is 13.2 Å². The maximum Gasteiger partial charge on any atom is 0.184 e. The fraction of sp³-hybridized carbons (Fsp3) is 0.647. The Kier molecular flexibility index (Phi) is 3.02. The normalized spacial score (nSPS) is 34.1. The molecule has 110 valence electrons. The van der Waals surface area contributed by atoms with E-state index in [2.05, 4.69) is 39.8 Å². The topological polar surface area (TPSA) is 38.7 Å². The minimum absolute atomic E-state index is 0.253. The average Bonchev–Trinajstić information content (AvgIpc) is 2.55. The lowest BCUT2D eigenvalue weighted by molar-refractivity contribution is -0.174. The summed E-state index contributed by atoms with van der Waals surface area (Å²) in [5, 5.41) is 10.8. The van der Waals surface area contributed by atoms with Crippen molar-refractivity contribution in [2.45, 2.75) is 57.8 Å². The Labute approximate surface area is 120 Å². The van der Waals surface area contributed by atoms with E-state index in [1.807, 2.05) is 6.92 Å². The van der Waals surface area contributed by atoms with Crippen molar-refractivity contribution in [1.82, 2.24) is 0 Å². The van der Waals surface area contributed by atoms with E-state index in [1.165, 1.54) is 16.7 Å². The minimum Gasteiger partial charge on any atom is -0.391 e. The maximum atomic E-state index is 10.8. The second-order valence-electron chi connectivity index (χ2n) is 6.86. The fourth-order valence-corrected chi connectivity index (χ4v) is 4.03. The molecule has 0 saturated carbocycles. The third-order valence-corrected chi connectivity index (χ3v) is 5.10. The second kappa shape index (κ2) is 4.30. The summed E-state index contributed by atoms with van der Waals surface area (Å²) in [5.74, 6) is 0. The number of aliphatic hydroxyl groups excluding tert-OH is 1. The number of aryl methyl sites for hydroxylation is 1. The van der Waals surface area contributed by atoms with Gasteiger partial charge in [-0.3, -0.25) is 0 Å². The van der Waals surface area contributed by atoms with E-state index in [9.17, 15) is 5.11 Å². The van der Waals surface area contributed by atoms with Crippen molar-refractivity contribution < 1.29 is 14.6 Å². The zero-order valence-electron chi connectivity index (χ0n) is 13.0. The van der Waals surface area contributed by atoms with Gasteiger partial charge in [0.25, 0.3) is 0 Å². The van der Waals surface area contributed by atoms with Crippen molar-refractivity contribution in [2.75, 3.05) is 13.2 Å². The largest absolute Gasteiger partial charge is 0.391 e. The van der Waals surface area contributed by atoms with Gasteiger partial charge in [-0.05, 0) is 30.5 Å². The highest BCUT2D eigenvalue weighted by atomic mass is 16.7. The lowest BCUT2D eigenvalue weighted by Crippen LogP contribution is -2.46. The molecular formula is C17H24O3. The number of hydrogen-bond acceptors (Lipinski definition) is 3. The first kappa shape index (κ1) is 14.1. The van der Waals surface area contributed by atoms with Crippen molar-refractivity contribution in [1.29, 1.82) is 0 Å². The molecule has 1 unspecified atom stereocenters. The summed E-state index contributed by atoms with van der Waals surface area (Å²) in [6, 6.07) is 4.28.